The average molecular weight is 254 g/mol. The number of likely N-dealkylation sites (tertiary alicyclic amines) is 2. The third-order valence-electron chi connectivity index (χ3n) is 4.55. The van der Waals surface area contributed by atoms with Gasteiger partial charge >= 0.3 is 5.97 Å². The lowest BCUT2D eigenvalue weighted by Gasteiger charge is -2.36. The Morgan fingerprint density at radius 3 is 2.33 bits per heavy atom. The molecule has 0 bridgehead atoms. The summed E-state index contributed by atoms with van der Waals surface area (Å²) in [6.07, 6.45) is 5.87. The smallest absolute Gasteiger partial charge is 0.308 e. The molecule has 2 heterocycles. The lowest BCUT2D eigenvalue weighted by molar-refractivity contribution is -0.145. The van der Waals surface area contributed by atoms with Crippen molar-refractivity contribution in [3.63, 3.8) is 0 Å². The van der Waals surface area contributed by atoms with Crippen LogP contribution in [0.3, 0.4) is 0 Å². The lowest BCUT2D eigenvalue weighted by Crippen LogP contribution is -2.43. The van der Waals surface area contributed by atoms with Crippen molar-refractivity contribution >= 4 is 5.97 Å². The van der Waals surface area contributed by atoms with Gasteiger partial charge in [-0.1, -0.05) is 6.42 Å². The molecule has 2 rings (SSSR count). The maximum absolute atomic E-state index is 11.5. The van der Waals surface area contributed by atoms with Crippen molar-refractivity contribution in [2.24, 2.45) is 11.8 Å². The molecule has 2 saturated heterocycles. The van der Waals surface area contributed by atoms with E-state index in [1.54, 1.807) is 0 Å². The van der Waals surface area contributed by atoms with E-state index in [1.807, 2.05) is 0 Å². The van der Waals surface area contributed by atoms with Crippen LogP contribution >= 0.6 is 0 Å². The zero-order chi connectivity index (χ0) is 13.0. The summed E-state index contributed by atoms with van der Waals surface area (Å²) >= 11 is 0. The molecule has 18 heavy (non-hydrogen) atoms. The highest BCUT2D eigenvalue weighted by Crippen LogP contribution is 2.26. The molecule has 0 aromatic rings. The average Bonchev–Trinajstić information content (AvgIpc) is 2.38. The van der Waals surface area contributed by atoms with Gasteiger partial charge in [-0.15, -0.1) is 0 Å². The predicted molar refractivity (Wildman–Crippen MR) is 71.6 cm³/mol. The summed E-state index contributed by atoms with van der Waals surface area (Å²) in [5.41, 5.74) is 0. The van der Waals surface area contributed by atoms with E-state index in [2.05, 4.69) is 16.8 Å². The van der Waals surface area contributed by atoms with Crippen molar-refractivity contribution in [2.45, 2.75) is 32.1 Å². The monoisotopic (exact) mass is 254 g/mol. The molecule has 0 saturated carbocycles. The van der Waals surface area contributed by atoms with Crippen LogP contribution < -0.4 is 0 Å². The van der Waals surface area contributed by atoms with Crippen molar-refractivity contribution in [2.75, 3.05) is 39.8 Å². The molecule has 0 aromatic carbocycles. The van der Waals surface area contributed by atoms with Gasteiger partial charge in [0.2, 0.25) is 0 Å². The molecule has 1 atom stereocenters. The van der Waals surface area contributed by atoms with Gasteiger partial charge in [-0.05, 0) is 64.8 Å². The second-order valence-corrected chi connectivity index (χ2v) is 5.95. The highest BCUT2D eigenvalue weighted by Gasteiger charge is 2.32. The standard InChI is InChI=1S/C14H26N2O2/c1-15-9-5-12(6-10-15)13(14(17)18)11-16-7-3-2-4-8-16/h12-13H,2-11H2,1H3,(H,17,18). The first-order chi connectivity index (χ1) is 8.66. The van der Waals surface area contributed by atoms with Crippen LogP contribution in [0.4, 0.5) is 0 Å². The van der Waals surface area contributed by atoms with Gasteiger partial charge in [-0.2, -0.15) is 0 Å². The molecule has 2 fully saturated rings. The van der Waals surface area contributed by atoms with Gasteiger partial charge in [0.15, 0.2) is 0 Å². The molecule has 1 N–H and O–H groups in total. The first-order valence-electron chi connectivity index (χ1n) is 7.30. The largest absolute Gasteiger partial charge is 0.481 e. The molecule has 0 spiro atoms. The number of carbonyl (C=O) groups is 1. The van der Waals surface area contributed by atoms with Crippen LogP contribution in [0.1, 0.15) is 32.1 Å². The summed E-state index contributed by atoms with van der Waals surface area (Å²) in [7, 11) is 2.12. The quantitative estimate of drug-likeness (QED) is 0.826. The molecule has 0 radical (unpaired) electrons. The third-order valence-corrected chi connectivity index (χ3v) is 4.55. The normalized spacial score (nSPS) is 26.1. The van der Waals surface area contributed by atoms with E-state index in [0.717, 1.165) is 45.6 Å². The topological polar surface area (TPSA) is 43.8 Å². The Labute approximate surface area is 110 Å². The van der Waals surface area contributed by atoms with Crippen LogP contribution in [0.2, 0.25) is 0 Å². The van der Waals surface area contributed by atoms with Gasteiger partial charge in [-0.25, -0.2) is 0 Å². The zero-order valence-corrected chi connectivity index (χ0v) is 11.5. The van der Waals surface area contributed by atoms with Gasteiger partial charge in [0.25, 0.3) is 0 Å². The van der Waals surface area contributed by atoms with Crippen LogP contribution in [0.15, 0.2) is 0 Å². The molecule has 0 amide bonds. The minimum atomic E-state index is -0.588. The van der Waals surface area contributed by atoms with E-state index in [1.165, 1.54) is 19.3 Å². The second-order valence-electron chi connectivity index (χ2n) is 5.95. The van der Waals surface area contributed by atoms with E-state index in [4.69, 9.17) is 0 Å². The number of aliphatic carboxylic acids is 1. The van der Waals surface area contributed by atoms with Crippen molar-refractivity contribution < 1.29 is 9.90 Å². The molecule has 1 unspecified atom stereocenters. The Morgan fingerprint density at radius 1 is 1.17 bits per heavy atom. The van der Waals surface area contributed by atoms with Crippen LogP contribution in [-0.2, 0) is 4.79 Å². The van der Waals surface area contributed by atoms with E-state index >= 15 is 0 Å². The van der Waals surface area contributed by atoms with Gasteiger partial charge in [0.1, 0.15) is 0 Å². The Bertz CT molecular complexity index is 269. The van der Waals surface area contributed by atoms with Crippen LogP contribution in [0, 0.1) is 11.8 Å². The molecule has 2 aliphatic heterocycles. The number of rotatable bonds is 4. The Hall–Kier alpha value is -0.610. The zero-order valence-electron chi connectivity index (χ0n) is 11.5. The highest BCUT2D eigenvalue weighted by molar-refractivity contribution is 5.70. The fourth-order valence-electron chi connectivity index (χ4n) is 3.28. The molecule has 4 nitrogen and oxygen atoms in total. The van der Waals surface area contributed by atoms with Crippen molar-refractivity contribution in [3.8, 4) is 0 Å². The molecular formula is C14H26N2O2. The van der Waals surface area contributed by atoms with E-state index in [0.29, 0.717) is 5.92 Å². The van der Waals surface area contributed by atoms with Crippen LogP contribution in [-0.4, -0.2) is 60.6 Å². The Balaban J connectivity index is 1.88. The van der Waals surface area contributed by atoms with Gasteiger partial charge in [-0.3, -0.25) is 4.79 Å². The first kappa shape index (κ1) is 13.8. The maximum Gasteiger partial charge on any atom is 0.308 e. The lowest BCUT2D eigenvalue weighted by atomic mass is 9.83. The van der Waals surface area contributed by atoms with Crippen LogP contribution in [0.5, 0.6) is 0 Å². The van der Waals surface area contributed by atoms with Gasteiger partial charge < -0.3 is 14.9 Å². The number of carboxylic acids is 1. The van der Waals surface area contributed by atoms with E-state index in [-0.39, 0.29) is 5.92 Å². The maximum atomic E-state index is 11.5. The molecule has 4 heteroatoms. The van der Waals surface area contributed by atoms with E-state index in [9.17, 15) is 9.90 Å². The number of hydrogen-bond acceptors (Lipinski definition) is 3. The molecule has 0 aliphatic carbocycles. The molecule has 2 aliphatic rings. The van der Waals surface area contributed by atoms with Crippen molar-refractivity contribution in [1.82, 2.24) is 9.80 Å². The third kappa shape index (κ3) is 3.69. The van der Waals surface area contributed by atoms with Gasteiger partial charge in [0, 0.05) is 6.54 Å². The second kappa shape index (κ2) is 6.53. The summed E-state index contributed by atoms with van der Waals surface area (Å²) < 4.78 is 0. The SMILES string of the molecule is CN1CCC(C(CN2CCCCC2)C(=O)O)CC1. The number of hydrogen-bond donors (Lipinski definition) is 1. The van der Waals surface area contributed by atoms with E-state index < -0.39 is 5.97 Å². The summed E-state index contributed by atoms with van der Waals surface area (Å²) in [6, 6.07) is 0. The highest BCUT2D eigenvalue weighted by atomic mass is 16.4. The Kier molecular flexibility index (Phi) is 5.01. The predicted octanol–water partition coefficient (Wildman–Crippen LogP) is 1.51. The van der Waals surface area contributed by atoms with Crippen molar-refractivity contribution in [1.29, 1.82) is 0 Å². The fraction of sp³-hybridized carbons (Fsp3) is 0.929. The number of piperidine rings is 2. The molecule has 104 valence electrons. The van der Waals surface area contributed by atoms with Crippen molar-refractivity contribution in [3.05, 3.63) is 0 Å². The number of carboxylic acid groups (broad SMARTS) is 1. The number of nitrogens with zero attached hydrogens (tertiary/aromatic N) is 2. The first-order valence-corrected chi connectivity index (χ1v) is 7.30. The van der Waals surface area contributed by atoms with Crippen LogP contribution in [0.25, 0.3) is 0 Å². The summed E-state index contributed by atoms with van der Waals surface area (Å²) in [6.45, 7) is 5.05. The summed E-state index contributed by atoms with van der Waals surface area (Å²) in [5, 5.41) is 9.48. The minimum absolute atomic E-state index is 0.156. The Morgan fingerprint density at radius 2 is 1.78 bits per heavy atom. The minimum Gasteiger partial charge on any atom is -0.481 e. The summed E-state index contributed by atoms with van der Waals surface area (Å²) in [5.74, 6) is -0.368. The van der Waals surface area contributed by atoms with Gasteiger partial charge in [0.05, 0.1) is 5.92 Å². The molecule has 0 aromatic heterocycles. The summed E-state index contributed by atoms with van der Waals surface area (Å²) in [4.78, 5) is 16.2. The fourth-order valence-corrected chi connectivity index (χ4v) is 3.28. The molecular weight excluding hydrogens is 228 g/mol.